The van der Waals surface area contributed by atoms with E-state index in [1.165, 1.54) is 12.6 Å². The quantitative estimate of drug-likeness (QED) is 0.911. The van der Waals surface area contributed by atoms with Crippen LogP contribution in [0.15, 0.2) is 24.3 Å². The Morgan fingerprint density at radius 1 is 1.32 bits per heavy atom. The average Bonchev–Trinajstić information content (AvgIpc) is 2.42. The zero-order valence-electron chi connectivity index (χ0n) is 11.4. The number of hydrogen-bond acceptors (Lipinski definition) is 3. The molecule has 1 aromatic rings. The fraction of sp³-hybridized carbons (Fsp3) is 0.571. The maximum atomic E-state index is 12.0. The molecule has 2 rings (SSSR count). The van der Waals surface area contributed by atoms with E-state index < -0.39 is 10.0 Å². The van der Waals surface area contributed by atoms with Crippen molar-refractivity contribution in [3.8, 4) is 0 Å². The predicted octanol–water partition coefficient (Wildman–Crippen LogP) is 1.49. The zero-order valence-corrected chi connectivity index (χ0v) is 12.2. The lowest BCUT2D eigenvalue weighted by Crippen LogP contribution is -2.43. The van der Waals surface area contributed by atoms with Crippen molar-refractivity contribution in [1.29, 1.82) is 0 Å². The monoisotopic (exact) mass is 283 g/mol. The third-order valence-electron chi connectivity index (χ3n) is 3.71. The summed E-state index contributed by atoms with van der Waals surface area (Å²) in [7, 11) is -1.75. The highest BCUT2D eigenvalue weighted by molar-refractivity contribution is 7.90. The molecule has 1 N–H and O–H groups in total. The van der Waals surface area contributed by atoms with Crippen LogP contribution < -0.4 is 4.72 Å². The van der Waals surface area contributed by atoms with Crippen molar-refractivity contribution in [2.24, 2.45) is 5.92 Å². The summed E-state index contributed by atoms with van der Waals surface area (Å²) in [4.78, 5) is 0. The lowest BCUT2D eigenvalue weighted by molar-refractivity contribution is 0.0570. The van der Waals surface area contributed by atoms with Gasteiger partial charge in [-0.2, -0.15) is 0 Å². The number of sulfonamides is 1. The standard InChI is InChI=1S/C14H21NO3S/c1-11-3-5-12(6-4-11)9-13-10-18-8-7-14(13)19(16,17)15-2/h3-6,13-15H,7-10H2,1-2H3/t13-,14-/m1/s1. The Morgan fingerprint density at radius 3 is 2.63 bits per heavy atom. The second-order valence-corrected chi connectivity index (χ2v) is 7.20. The van der Waals surface area contributed by atoms with E-state index in [1.54, 1.807) is 0 Å². The first-order valence-corrected chi connectivity index (χ1v) is 8.13. The zero-order chi connectivity index (χ0) is 13.9. The first-order valence-electron chi connectivity index (χ1n) is 6.58. The molecule has 2 atom stereocenters. The Labute approximate surface area is 115 Å². The van der Waals surface area contributed by atoms with E-state index in [0.29, 0.717) is 19.6 Å². The molecule has 1 aliphatic heterocycles. The van der Waals surface area contributed by atoms with E-state index >= 15 is 0 Å². The van der Waals surface area contributed by atoms with Crippen LogP contribution in [0.2, 0.25) is 0 Å². The Kier molecular flexibility index (Phi) is 4.60. The van der Waals surface area contributed by atoms with Gasteiger partial charge >= 0.3 is 0 Å². The van der Waals surface area contributed by atoms with Crippen LogP contribution in [-0.4, -0.2) is 33.9 Å². The van der Waals surface area contributed by atoms with Crippen molar-refractivity contribution in [3.63, 3.8) is 0 Å². The molecule has 0 aliphatic carbocycles. The van der Waals surface area contributed by atoms with Crippen molar-refractivity contribution < 1.29 is 13.2 Å². The summed E-state index contributed by atoms with van der Waals surface area (Å²) in [5.74, 6) is 0.0221. The first-order chi connectivity index (χ1) is 9.03. The topological polar surface area (TPSA) is 55.4 Å². The highest BCUT2D eigenvalue weighted by Crippen LogP contribution is 2.25. The molecule has 0 spiro atoms. The maximum Gasteiger partial charge on any atom is 0.214 e. The largest absolute Gasteiger partial charge is 0.381 e. The van der Waals surface area contributed by atoms with Crippen LogP contribution in [0.25, 0.3) is 0 Å². The van der Waals surface area contributed by atoms with Crippen LogP contribution in [-0.2, 0) is 21.2 Å². The summed E-state index contributed by atoms with van der Waals surface area (Å²) < 4.78 is 32.0. The number of rotatable bonds is 4. The molecular formula is C14H21NO3S. The molecule has 1 fully saturated rings. The Hall–Kier alpha value is -0.910. The fourth-order valence-electron chi connectivity index (χ4n) is 2.55. The molecule has 1 heterocycles. The number of nitrogens with one attached hydrogen (secondary N) is 1. The van der Waals surface area contributed by atoms with Gasteiger partial charge in [0, 0.05) is 12.5 Å². The van der Waals surface area contributed by atoms with Gasteiger partial charge in [-0.05, 0) is 32.4 Å². The average molecular weight is 283 g/mol. The molecule has 19 heavy (non-hydrogen) atoms. The Morgan fingerprint density at radius 2 is 2.00 bits per heavy atom. The van der Waals surface area contributed by atoms with Gasteiger partial charge in [0.2, 0.25) is 10.0 Å². The van der Waals surface area contributed by atoms with Gasteiger partial charge in [0.25, 0.3) is 0 Å². The van der Waals surface area contributed by atoms with Crippen LogP contribution in [0.1, 0.15) is 17.5 Å². The van der Waals surface area contributed by atoms with Crippen LogP contribution in [0.3, 0.4) is 0 Å². The number of hydrogen-bond donors (Lipinski definition) is 1. The van der Waals surface area contributed by atoms with Gasteiger partial charge in [0.05, 0.1) is 11.9 Å². The van der Waals surface area contributed by atoms with E-state index in [2.05, 4.69) is 29.0 Å². The van der Waals surface area contributed by atoms with E-state index in [1.807, 2.05) is 6.92 Å². The highest BCUT2D eigenvalue weighted by atomic mass is 32.2. The van der Waals surface area contributed by atoms with Crippen molar-refractivity contribution >= 4 is 10.0 Å². The van der Waals surface area contributed by atoms with E-state index in [0.717, 1.165) is 12.0 Å². The van der Waals surface area contributed by atoms with Gasteiger partial charge in [0.1, 0.15) is 0 Å². The Balaban J connectivity index is 2.14. The van der Waals surface area contributed by atoms with Gasteiger partial charge < -0.3 is 4.74 Å². The van der Waals surface area contributed by atoms with Crippen LogP contribution in [0.5, 0.6) is 0 Å². The molecule has 0 unspecified atom stereocenters. The molecule has 0 amide bonds. The molecule has 0 bridgehead atoms. The van der Waals surface area contributed by atoms with E-state index in [-0.39, 0.29) is 11.2 Å². The number of ether oxygens (including phenoxy) is 1. The number of benzene rings is 1. The van der Waals surface area contributed by atoms with Crippen molar-refractivity contribution in [1.82, 2.24) is 4.72 Å². The first kappa shape index (κ1) is 14.5. The predicted molar refractivity (Wildman–Crippen MR) is 75.6 cm³/mol. The van der Waals surface area contributed by atoms with Gasteiger partial charge in [-0.15, -0.1) is 0 Å². The molecule has 1 aromatic carbocycles. The summed E-state index contributed by atoms with van der Waals surface area (Å²) in [5, 5.41) is -0.354. The highest BCUT2D eigenvalue weighted by Gasteiger charge is 2.35. The van der Waals surface area contributed by atoms with Gasteiger partial charge in [-0.3, -0.25) is 0 Å². The van der Waals surface area contributed by atoms with E-state index in [4.69, 9.17) is 4.74 Å². The minimum atomic E-state index is -3.23. The SMILES string of the molecule is CNS(=O)(=O)[C@@H]1CCOC[C@H]1Cc1ccc(C)cc1. The van der Waals surface area contributed by atoms with Gasteiger partial charge in [-0.1, -0.05) is 29.8 Å². The van der Waals surface area contributed by atoms with Crippen LogP contribution >= 0.6 is 0 Å². The third kappa shape index (κ3) is 3.55. The molecule has 5 heteroatoms. The lowest BCUT2D eigenvalue weighted by Gasteiger charge is -2.31. The normalized spacial score (nSPS) is 24.3. The summed E-state index contributed by atoms with van der Waals surface area (Å²) in [5.41, 5.74) is 2.38. The Bertz CT molecular complexity index is 510. The van der Waals surface area contributed by atoms with Crippen LogP contribution in [0.4, 0.5) is 0 Å². The minimum Gasteiger partial charge on any atom is -0.381 e. The molecule has 0 aromatic heterocycles. The third-order valence-corrected chi connectivity index (χ3v) is 5.69. The molecule has 1 aliphatic rings. The van der Waals surface area contributed by atoms with Crippen molar-refractivity contribution in [2.75, 3.05) is 20.3 Å². The second kappa shape index (κ2) is 6.03. The smallest absolute Gasteiger partial charge is 0.214 e. The fourth-order valence-corrected chi connectivity index (χ4v) is 3.95. The molecule has 0 saturated carbocycles. The van der Waals surface area contributed by atoms with Gasteiger partial charge in [0.15, 0.2) is 0 Å². The van der Waals surface area contributed by atoms with E-state index in [9.17, 15) is 8.42 Å². The van der Waals surface area contributed by atoms with Crippen molar-refractivity contribution in [3.05, 3.63) is 35.4 Å². The summed E-state index contributed by atoms with van der Waals surface area (Å²) in [6.07, 6.45) is 1.31. The summed E-state index contributed by atoms with van der Waals surface area (Å²) in [6.45, 7) is 3.08. The van der Waals surface area contributed by atoms with Crippen molar-refractivity contribution in [2.45, 2.75) is 25.0 Å². The minimum absolute atomic E-state index is 0.0221. The maximum absolute atomic E-state index is 12.0. The second-order valence-electron chi connectivity index (χ2n) is 5.10. The van der Waals surface area contributed by atoms with Gasteiger partial charge in [-0.25, -0.2) is 13.1 Å². The molecule has 106 valence electrons. The molecule has 4 nitrogen and oxygen atoms in total. The molecule has 0 radical (unpaired) electrons. The lowest BCUT2D eigenvalue weighted by atomic mass is 9.93. The van der Waals surface area contributed by atoms with Crippen LogP contribution in [0, 0.1) is 12.8 Å². The summed E-state index contributed by atoms with van der Waals surface area (Å²) in [6, 6.07) is 8.24. The molecule has 1 saturated heterocycles. The number of aryl methyl sites for hydroxylation is 1. The molecular weight excluding hydrogens is 262 g/mol. The summed E-state index contributed by atoms with van der Waals surface area (Å²) >= 11 is 0.